The second kappa shape index (κ2) is 6.05. The molecule has 118 valence electrons. The third-order valence-electron chi connectivity index (χ3n) is 5.37. The van der Waals surface area contributed by atoms with Gasteiger partial charge in [0.25, 0.3) is 0 Å². The fraction of sp³-hybridized carbons (Fsp3) is 0.875. The lowest BCUT2D eigenvalue weighted by Gasteiger charge is -2.40. The first-order valence-electron chi connectivity index (χ1n) is 8.48. The van der Waals surface area contributed by atoms with Crippen LogP contribution >= 0.6 is 0 Å². The summed E-state index contributed by atoms with van der Waals surface area (Å²) in [6.45, 7) is 4.39. The zero-order valence-corrected chi connectivity index (χ0v) is 13.2. The Morgan fingerprint density at radius 1 is 0.952 bits per heavy atom. The lowest BCUT2D eigenvalue weighted by atomic mass is 9.99. The van der Waals surface area contributed by atoms with Gasteiger partial charge in [-0.2, -0.15) is 0 Å². The molecule has 0 bridgehead atoms. The van der Waals surface area contributed by atoms with Crippen LogP contribution in [0.25, 0.3) is 0 Å². The Labute approximate surface area is 127 Å². The molecule has 3 aliphatic rings. The first-order chi connectivity index (χ1) is 10.1. The lowest BCUT2D eigenvalue weighted by molar-refractivity contribution is -0.142. The van der Waals surface area contributed by atoms with Crippen LogP contribution in [0.15, 0.2) is 0 Å². The number of carbonyl (C=O) groups is 2. The molecule has 1 N–H and O–H groups in total. The first kappa shape index (κ1) is 15.0. The van der Waals surface area contributed by atoms with Crippen LogP contribution in [0.2, 0.25) is 0 Å². The number of carbonyl (C=O) groups excluding carboxylic acids is 2. The normalized spacial score (nSPS) is 35.9. The van der Waals surface area contributed by atoms with E-state index in [9.17, 15) is 9.59 Å². The second-order valence-corrected chi connectivity index (χ2v) is 6.96. The summed E-state index contributed by atoms with van der Waals surface area (Å²) >= 11 is 0. The summed E-state index contributed by atoms with van der Waals surface area (Å²) in [5.41, 5.74) is 3.37. The van der Waals surface area contributed by atoms with Crippen molar-refractivity contribution in [3.05, 3.63) is 0 Å². The molecule has 5 nitrogen and oxygen atoms in total. The fourth-order valence-electron chi connectivity index (χ4n) is 4.15. The van der Waals surface area contributed by atoms with E-state index in [-0.39, 0.29) is 23.9 Å². The maximum atomic E-state index is 12.6. The van der Waals surface area contributed by atoms with Gasteiger partial charge in [-0.3, -0.25) is 14.5 Å². The molecule has 0 aromatic rings. The average Bonchev–Trinajstić information content (AvgIpc) is 3.03. The first-order valence-corrected chi connectivity index (χ1v) is 8.48. The lowest BCUT2D eigenvalue weighted by Crippen LogP contribution is -2.57. The fourth-order valence-corrected chi connectivity index (χ4v) is 4.15. The number of nitrogens with one attached hydrogen (secondary N) is 1. The van der Waals surface area contributed by atoms with Crippen molar-refractivity contribution >= 4 is 11.8 Å². The molecule has 3 rings (SSSR count). The average molecular weight is 293 g/mol. The molecule has 21 heavy (non-hydrogen) atoms. The van der Waals surface area contributed by atoms with Crippen molar-refractivity contribution in [1.82, 2.24) is 15.3 Å². The molecule has 0 aromatic carbocycles. The number of amides is 2. The Morgan fingerprint density at radius 3 is 2.19 bits per heavy atom. The maximum Gasteiger partial charge on any atom is 0.248 e. The van der Waals surface area contributed by atoms with Gasteiger partial charge in [0.05, 0.1) is 6.42 Å². The van der Waals surface area contributed by atoms with E-state index >= 15 is 0 Å². The van der Waals surface area contributed by atoms with Crippen LogP contribution < -0.4 is 5.43 Å². The molecule has 5 heteroatoms. The van der Waals surface area contributed by atoms with E-state index in [0.717, 1.165) is 38.5 Å². The van der Waals surface area contributed by atoms with Crippen molar-refractivity contribution in [3.8, 4) is 0 Å². The molecule has 0 spiro atoms. The molecule has 3 atom stereocenters. The molecule has 1 saturated carbocycles. The van der Waals surface area contributed by atoms with Crippen LogP contribution in [0.3, 0.4) is 0 Å². The summed E-state index contributed by atoms with van der Waals surface area (Å²) in [5, 5.41) is 2.21. The van der Waals surface area contributed by atoms with E-state index in [4.69, 9.17) is 0 Å². The molecule has 3 fully saturated rings. The number of hydrazine groups is 1. The smallest absolute Gasteiger partial charge is 0.248 e. The van der Waals surface area contributed by atoms with Crippen LogP contribution in [0.1, 0.15) is 65.2 Å². The highest BCUT2D eigenvalue weighted by molar-refractivity contribution is 6.05. The van der Waals surface area contributed by atoms with Gasteiger partial charge in [0.2, 0.25) is 11.8 Å². The second-order valence-electron chi connectivity index (χ2n) is 6.96. The van der Waals surface area contributed by atoms with Gasteiger partial charge in [0.15, 0.2) is 0 Å². The molecule has 2 amide bonds. The Bertz CT molecular complexity index is 410. The van der Waals surface area contributed by atoms with Crippen LogP contribution in [0.4, 0.5) is 0 Å². The largest absolute Gasteiger partial charge is 0.278 e. The van der Waals surface area contributed by atoms with Crippen LogP contribution in [-0.4, -0.2) is 45.9 Å². The quantitative estimate of drug-likeness (QED) is 0.807. The molecule has 0 radical (unpaired) electrons. The molecular formula is C16H27N3O2. The highest BCUT2D eigenvalue weighted by atomic mass is 16.2. The summed E-state index contributed by atoms with van der Waals surface area (Å²) in [5.74, 6) is 0.0126. The molecule has 1 aliphatic carbocycles. The minimum atomic E-state index is -0.346. The van der Waals surface area contributed by atoms with Crippen molar-refractivity contribution in [2.75, 3.05) is 0 Å². The minimum Gasteiger partial charge on any atom is -0.278 e. The van der Waals surface area contributed by atoms with Crippen LogP contribution in [0, 0.1) is 0 Å². The molecule has 2 aliphatic heterocycles. The van der Waals surface area contributed by atoms with Crippen LogP contribution in [0.5, 0.6) is 0 Å². The Morgan fingerprint density at radius 2 is 1.57 bits per heavy atom. The van der Waals surface area contributed by atoms with Gasteiger partial charge in [-0.25, -0.2) is 10.4 Å². The number of piperidine rings is 1. The SMILES string of the molecule is CC1CCCC(C)N1NC1CC(=O)N(C2CCCC2)C1=O. The number of nitrogens with zero attached hydrogens (tertiary/aromatic N) is 2. The van der Waals surface area contributed by atoms with Gasteiger partial charge in [0, 0.05) is 18.1 Å². The standard InChI is InChI=1S/C16H27N3O2/c1-11-6-5-7-12(2)19(11)17-14-10-15(20)18(16(14)21)13-8-3-4-9-13/h11-14,17H,3-10H2,1-2H3. The highest BCUT2D eigenvalue weighted by Crippen LogP contribution is 2.29. The summed E-state index contributed by atoms with van der Waals surface area (Å²) in [6.07, 6.45) is 8.12. The predicted octanol–water partition coefficient (Wildman–Crippen LogP) is 1.82. The minimum absolute atomic E-state index is 0.00289. The summed E-state index contributed by atoms with van der Waals surface area (Å²) in [7, 11) is 0. The van der Waals surface area contributed by atoms with E-state index in [2.05, 4.69) is 24.3 Å². The number of likely N-dealkylation sites (tertiary alicyclic amines) is 1. The zero-order valence-electron chi connectivity index (χ0n) is 13.2. The Hall–Kier alpha value is -0.940. The van der Waals surface area contributed by atoms with Gasteiger partial charge < -0.3 is 0 Å². The van der Waals surface area contributed by atoms with Gasteiger partial charge in [0.1, 0.15) is 6.04 Å². The van der Waals surface area contributed by atoms with E-state index in [1.54, 1.807) is 4.90 Å². The summed E-state index contributed by atoms with van der Waals surface area (Å²) in [4.78, 5) is 26.4. The van der Waals surface area contributed by atoms with Crippen LogP contribution in [-0.2, 0) is 9.59 Å². The van der Waals surface area contributed by atoms with E-state index < -0.39 is 0 Å². The molecule has 2 heterocycles. The zero-order chi connectivity index (χ0) is 15.0. The van der Waals surface area contributed by atoms with Crippen molar-refractivity contribution in [3.63, 3.8) is 0 Å². The number of hydrogen-bond donors (Lipinski definition) is 1. The van der Waals surface area contributed by atoms with Gasteiger partial charge in [-0.05, 0) is 39.5 Å². The molecule has 0 aromatic heterocycles. The predicted molar refractivity (Wildman–Crippen MR) is 80.3 cm³/mol. The molecular weight excluding hydrogens is 266 g/mol. The highest BCUT2D eigenvalue weighted by Gasteiger charge is 2.44. The number of imide groups is 1. The molecule has 3 unspecified atom stereocenters. The molecule has 2 saturated heterocycles. The van der Waals surface area contributed by atoms with Gasteiger partial charge in [-0.15, -0.1) is 0 Å². The topological polar surface area (TPSA) is 52.7 Å². The third-order valence-corrected chi connectivity index (χ3v) is 5.37. The van der Waals surface area contributed by atoms with E-state index in [1.807, 2.05) is 0 Å². The Balaban J connectivity index is 1.66. The van der Waals surface area contributed by atoms with E-state index in [0.29, 0.717) is 18.5 Å². The third kappa shape index (κ3) is 2.86. The number of rotatable bonds is 3. The van der Waals surface area contributed by atoms with Gasteiger partial charge >= 0.3 is 0 Å². The van der Waals surface area contributed by atoms with Crippen molar-refractivity contribution in [1.29, 1.82) is 0 Å². The van der Waals surface area contributed by atoms with Crippen molar-refractivity contribution < 1.29 is 9.59 Å². The number of hydrogen-bond acceptors (Lipinski definition) is 4. The van der Waals surface area contributed by atoms with E-state index in [1.165, 1.54) is 6.42 Å². The van der Waals surface area contributed by atoms with Crippen molar-refractivity contribution in [2.45, 2.75) is 89.4 Å². The summed E-state index contributed by atoms with van der Waals surface area (Å²) in [6, 6.07) is 0.670. The monoisotopic (exact) mass is 293 g/mol. The maximum absolute atomic E-state index is 12.6. The van der Waals surface area contributed by atoms with Crippen molar-refractivity contribution in [2.24, 2.45) is 0 Å². The Kier molecular flexibility index (Phi) is 4.31. The summed E-state index contributed by atoms with van der Waals surface area (Å²) < 4.78 is 0. The van der Waals surface area contributed by atoms with Gasteiger partial charge in [-0.1, -0.05) is 19.3 Å².